The van der Waals surface area contributed by atoms with Gasteiger partial charge in [0.15, 0.2) is 0 Å². The van der Waals surface area contributed by atoms with E-state index in [-0.39, 0.29) is 6.10 Å². The molecule has 0 heterocycles. The summed E-state index contributed by atoms with van der Waals surface area (Å²) < 4.78 is 10.1. The average molecular weight is 223 g/mol. The van der Waals surface area contributed by atoms with Crippen LogP contribution in [0.1, 0.15) is 19.4 Å². The number of ether oxygens (including phenoxy) is 2. The molecule has 16 heavy (non-hydrogen) atoms. The topological polar surface area (TPSA) is 47.6 Å². The summed E-state index contributed by atoms with van der Waals surface area (Å²) in [6.07, 6.45) is -0.568. The first kappa shape index (κ1) is 12.4. The van der Waals surface area contributed by atoms with Gasteiger partial charge in [0.1, 0.15) is 5.75 Å². The summed E-state index contributed by atoms with van der Waals surface area (Å²) in [6, 6.07) is 5.43. The molecule has 1 amide bonds. The van der Waals surface area contributed by atoms with Crippen molar-refractivity contribution in [3.8, 4) is 5.75 Å². The van der Waals surface area contributed by atoms with E-state index in [9.17, 15) is 4.79 Å². The fourth-order valence-corrected chi connectivity index (χ4v) is 1.26. The summed E-state index contributed by atoms with van der Waals surface area (Å²) in [4.78, 5) is 11.4. The Morgan fingerprint density at radius 1 is 1.38 bits per heavy atom. The molecule has 0 aliphatic rings. The number of rotatable bonds is 3. The highest BCUT2D eigenvalue weighted by atomic mass is 16.6. The maximum Gasteiger partial charge on any atom is 0.411 e. The van der Waals surface area contributed by atoms with Crippen LogP contribution in [-0.4, -0.2) is 19.3 Å². The molecule has 0 aliphatic heterocycles. The van der Waals surface area contributed by atoms with E-state index in [2.05, 4.69) is 5.32 Å². The van der Waals surface area contributed by atoms with Crippen LogP contribution >= 0.6 is 0 Å². The van der Waals surface area contributed by atoms with Crippen LogP contribution in [0.2, 0.25) is 0 Å². The van der Waals surface area contributed by atoms with E-state index in [0.717, 1.165) is 17.0 Å². The Balaban J connectivity index is 2.70. The molecule has 0 unspecified atom stereocenters. The Morgan fingerprint density at radius 3 is 2.56 bits per heavy atom. The molecule has 0 spiro atoms. The van der Waals surface area contributed by atoms with E-state index in [1.165, 1.54) is 0 Å². The minimum Gasteiger partial charge on any atom is -0.497 e. The molecule has 0 saturated carbocycles. The molecule has 1 aromatic carbocycles. The van der Waals surface area contributed by atoms with E-state index in [4.69, 9.17) is 9.47 Å². The van der Waals surface area contributed by atoms with Crippen LogP contribution in [0.3, 0.4) is 0 Å². The molecule has 0 aliphatic carbocycles. The molecule has 0 aromatic heterocycles. The minimum absolute atomic E-state index is 0.126. The van der Waals surface area contributed by atoms with Gasteiger partial charge in [-0.05, 0) is 44.5 Å². The van der Waals surface area contributed by atoms with Crippen LogP contribution in [0.4, 0.5) is 10.5 Å². The number of hydrogen-bond donors (Lipinski definition) is 1. The number of aryl methyl sites for hydroxylation is 1. The van der Waals surface area contributed by atoms with Gasteiger partial charge >= 0.3 is 6.09 Å². The molecule has 0 atom stereocenters. The normalized spacial score (nSPS) is 10.1. The molecular weight excluding hydrogens is 206 g/mol. The Hall–Kier alpha value is -1.71. The van der Waals surface area contributed by atoms with Crippen molar-refractivity contribution in [1.82, 2.24) is 0 Å². The van der Waals surface area contributed by atoms with Crippen molar-refractivity contribution in [2.24, 2.45) is 0 Å². The summed E-state index contributed by atoms with van der Waals surface area (Å²) in [6.45, 7) is 5.51. The molecule has 0 fully saturated rings. The Kier molecular flexibility index (Phi) is 4.17. The lowest BCUT2D eigenvalue weighted by molar-refractivity contribution is 0.130. The average Bonchev–Trinajstić information content (AvgIpc) is 2.19. The van der Waals surface area contributed by atoms with Crippen molar-refractivity contribution in [2.75, 3.05) is 12.4 Å². The zero-order valence-corrected chi connectivity index (χ0v) is 10.0. The molecular formula is C12H17NO3. The van der Waals surface area contributed by atoms with Gasteiger partial charge in [-0.2, -0.15) is 0 Å². The first-order valence-corrected chi connectivity index (χ1v) is 5.15. The van der Waals surface area contributed by atoms with Gasteiger partial charge in [-0.15, -0.1) is 0 Å². The fraction of sp³-hybridized carbons (Fsp3) is 0.417. The van der Waals surface area contributed by atoms with Gasteiger partial charge in [0.2, 0.25) is 0 Å². The quantitative estimate of drug-likeness (QED) is 0.857. The van der Waals surface area contributed by atoms with E-state index in [1.807, 2.05) is 13.0 Å². The second-order valence-electron chi connectivity index (χ2n) is 3.76. The van der Waals surface area contributed by atoms with Gasteiger partial charge in [-0.3, -0.25) is 5.32 Å². The second-order valence-corrected chi connectivity index (χ2v) is 3.76. The first-order chi connectivity index (χ1) is 7.52. The van der Waals surface area contributed by atoms with Crippen LogP contribution in [0.25, 0.3) is 0 Å². The highest BCUT2D eigenvalue weighted by molar-refractivity contribution is 5.85. The Labute approximate surface area is 95.6 Å². The predicted molar refractivity (Wildman–Crippen MR) is 63.0 cm³/mol. The van der Waals surface area contributed by atoms with Crippen molar-refractivity contribution < 1.29 is 14.3 Å². The smallest absolute Gasteiger partial charge is 0.411 e. The van der Waals surface area contributed by atoms with Crippen LogP contribution in [-0.2, 0) is 4.74 Å². The number of carbonyl (C=O) groups is 1. The number of hydrogen-bond acceptors (Lipinski definition) is 3. The molecule has 88 valence electrons. The molecule has 4 heteroatoms. The van der Waals surface area contributed by atoms with E-state index in [1.54, 1.807) is 33.1 Å². The van der Waals surface area contributed by atoms with Gasteiger partial charge < -0.3 is 9.47 Å². The van der Waals surface area contributed by atoms with Crippen LogP contribution in [0.5, 0.6) is 5.75 Å². The lowest BCUT2D eigenvalue weighted by Gasteiger charge is -2.12. The zero-order chi connectivity index (χ0) is 12.1. The van der Waals surface area contributed by atoms with Gasteiger partial charge in [-0.1, -0.05) is 0 Å². The SMILES string of the molecule is COc1ccc(NC(=O)OC(C)C)c(C)c1. The van der Waals surface area contributed by atoms with Crippen molar-refractivity contribution in [3.05, 3.63) is 23.8 Å². The van der Waals surface area contributed by atoms with Crippen LogP contribution < -0.4 is 10.1 Å². The number of methoxy groups -OCH3 is 1. The molecule has 1 aromatic rings. The lowest BCUT2D eigenvalue weighted by Crippen LogP contribution is -2.18. The highest BCUT2D eigenvalue weighted by Gasteiger charge is 2.07. The van der Waals surface area contributed by atoms with Gasteiger partial charge in [0.25, 0.3) is 0 Å². The number of amides is 1. The number of anilines is 1. The first-order valence-electron chi connectivity index (χ1n) is 5.15. The van der Waals surface area contributed by atoms with Crippen LogP contribution in [0.15, 0.2) is 18.2 Å². The second kappa shape index (κ2) is 5.39. The maximum absolute atomic E-state index is 11.4. The molecule has 0 bridgehead atoms. The maximum atomic E-state index is 11.4. The molecule has 1 N–H and O–H groups in total. The third-order valence-electron chi connectivity index (χ3n) is 2.01. The largest absolute Gasteiger partial charge is 0.497 e. The lowest BCUT2D eigenvalue weighted by atomic mass is 10.2. The number of carbonyl (C=O) groups excluding carboxylic acids is 1. The molecule has 1 rings (SSSR count). The Morgan fingerprint density at radius 2 is 2.06 bits per heavy atom. The van der Waals surface area contributed by atoms with Gasteiger partial charge in [0.05, 0.1) is 13.2 Å². The summed E-state index contributed by atoms with van der Waals surface area (Å²) in [7, 11) is 1.61. The monoisotopic (exact) mass is 223 g/mol. The van der Waals surface area contributed by atoms with Crippen molar-refractivity contribution in [2.45, 2.75) is 26.9 Å². The molecule has 0 saturated heterocycles. The van der Waals surface area contributed by atoms with E-state index >= 15 is 0 Å². The third-order valence-corrected chi connectivity index (χ3v) is 2.01. The number of benzene rings is 1. The summed E-state index contributed by atoms with van der Waals surface area (Å²) >= 11 is 0. The van der Waals surface area contributed by atoms with Crippen LogP contribution in [0, 0.1) is 6.92 Å². The molecule has 4 nitrogen and oxygen atoms in total. The number of nitrogens with one attached hydrogen (secondary N) is 1. The van der Waals surface area contributed by atoms with Crippen molar-refractivity contribution in [3.63, 3.8) is 0 Å². The van der Waals surface area contributed by atoms with E-state index < -0.39 is 6.09 Å². The minimum atomic E-state index is -0.441. The predicted octanol–water partition coefficient (Wildman–Crippen LogP) is 2.96. The standard InChI is InChI=1S/C12H17NO3/c1-8(2)16-12(14)13-11-6-5-10(15-4)7-9(11)3/h5-8H,1-4H3,(H,13,14). The van der Waals surface area contributed by atoms with Crippen molar-refractivity contribution in [1.29, 1.82) is 0 Å². The Bertz CT molecular complexity index is 375. The molecule has 0 radical (unpaired) electrons. The van der Waals surface area contributed by atoms with Crippen molar-refractivity contribution >= 4 is 11.8 Å². The summed E-state index contributed by atoms with van der Waals surface area (Å²) in [5.41, 5.74) is 1.66. The summed E-state index contributed by atoms with van der Waals surface area (Å²) in [5.74, 6) is 0.764. The third kappa shape index (κ3) is 3.46. The summed E-state index contributed by atoms with van der Waals surface area (Å²) in [5, 5.41) is 2.68. The van der Waals surface area contributed by atoms with Gasteiger partial charge in [-0.25, -0.2) is 4.79 Å². The fourth-order valence-electron chi connectivity index (χ4n) is 1.26. The highest BCUT2D eigenvalue weighted by Crippen LogP contribution is 2.21. The van der Waals surface area contributed by atoms with Gasteiger partial charge in [0, 0.05) is 5.69 Å². The zero-order valence-electron chi connectivity index (χ0n) is 10.0. The van der Waals surface area contributed by atoms with E-state index in [0.29, 0.717) is 0 Å².